The van der Waals surface area contributed by atoms with Crippen molar-refractivity contribution >= 4 is 11.8 Å². The Morgan fingerprint density at radius 3 is 2.90 bits per heavy atom. The Bertz CT molecular complexity index is 258. The van der Waals surface area contributed by atoms with Gasteiger partial charge >= 0.3 is 0 Å². The van der Waals surface area contributed by atoms with Crippen molar-refractivity contribution in [3.8, 4) is 0 Å². The number of nitrogens with zero attached hydrogens (tertiary/aromatic N) is 1. The zero-order chi connectivity index (χ0) is 7.56. The minimum Gasteiger partial charge on any atom is -0.395 e. The van der Waals surface area contributed by atoms with E-state index in [2.05, 4.69) is 11.6 Å². The zero-order valence-corrected chi connectivity index (χ0v) is 5.34. The van der Waals surface area contributed by atoms with Crippen LogP contribution in [-0.2, 0) is 0 Å². The SMILES string of the molecule is C=Cc1cnc(F)c(N)c1. The minimum atomic E-state index is -0.634. The number of nitrogens with two attached hydrogens (primary N) is 1. The highest BCUT2D eigenvalue weighted by Gasteiger charge is 1.96. The van der Waals surface area contributed by atoms with Crippen molar-refractivity contribution in [1.82, 2.24) is 4.98 Å². The molecule has 2 nitrogen and oxygen atoms in total. The average Bonchev–Trinajstić information content (AvgIpc) is 1.95. The molecule has 0 aliphatic carbocycles. The van der Waals surface area contributed by atoms with Gasteiger partial charge in [0.05, 0.1) is 5.69 Å². The van der Waals surface area contributed by atoms with Gasteiger partial charge in [-0.3, -0.25) is 0 Å². The molecule has 0 aromatic carbocycles. The van der Waals surface area contributed by atoms with Crippen LogP contribution >= 0.6 is 0 Å². The summed E-state index contributed by atoms with van der Waals surface area (Å²) < 4.78 is 12.4. The first kappa shape index (κ1) is 6.74. The van der Waals surface area contributed by atoms with Gasteiger partial charge in [0.1, 0.15) is 0 Å². The maximum atomic E-state index is 12.4. The smallest absolute Gasteiger partial charge is 0.236 e. The fourth-order valence-corrected chi connectivity index (χ4v) is 0.594. The van der Waals surface area contributed by atoms with Crippen LogP contribution in [0.3, 0.4) is 0 Å². The Morgan fingerprint density at radius 2 is 2.40 bits per heavy atom. The van der Waals surface area contributed by atoms with Gasteiger partial charge in [0.25, 0.3) is 0 Å². The lowest BCUT2D eigenvalue weighted by Crippen LogP contribution is -1.93. The van der Waals surface area contributed by atoms with Crippen molar-refractivity contribution in [2.45, 2.75) is 0 Å². The molecule has 1 heterocycles. The highest BCUT2D eigenvalue weighted by atomic mass is 19.1. The van der Waals surface area contributed by atoms with E-state index >= 15 is 0 Å². The number of nitrogen functional groups attached to an aromatic ring is 1. The van der Waals surface area contributed by atoms with Crippen molar-refractivity contribution < 1.29 is 4.39 Å². The number of rotatable bonds is 1. The lowest BCUT2D eigenvalue weighted by atomic mass is 10.3. The third kappa shape index (κ3) is 1.13. The molecule has 10 heavy (non-hydrogen) atoms. The van der Waals surface area contributed by atoms with Crippen LogP contribution in [0.15, 0.2) is 18.8 Å². The molecule has 0 bridgehead atoms. The third-order valence-electron chi connectivity index (χ3n) is 1.12. The number of hydrogen-bond acceptors (Lipinski definition) is 2. The van der Waals surface area contributed by atoms with Crippen LogP contribution in [0.4, 0.5) is 10.1 Å². The van der Waals surface area contributed by atoms with Crippen molar-refractivity contribution in [1.29, 1.82) is 0 Å². The van der Waals surface area contributed by atoms with E-state index in [0.29, 0.717) is 0 Å². The van der Waals surface area contributed by atoms with Gasteiger partial charge in [0.2, 0.25) is 5.95 Å². The summed E-state index contributed by atoms with van der Waals surface area (Å²) in [5.74, 6) is -0.634. The van der Waals surface area contributed by atoms with Crippen molar-refractivity contribution in [2.75, 3.05) is 5.73 Å². The Balaban J connectivity index is 3.16. The molecule has 0 unspecified atom stereocenters. The number of anilines is 1. The van der Waals surface area contributed by atoms with Gasteiger partial charge < -0.3 is 5.73 Å². The van der Waals surface area contributed by atoms with Crippen LogP contribution in [0, 0.1) is 5.95 Å². The topological polar surface area (TPSA) is 38.9 Å². The third-order valence-corrected chi connectivity index (χ3v) is 1.12. The summed E-state index contributed by atoms with van der Waals surface area (Å²) in [4.78, 5) is 3.39. The van der Waals surface area contributed by atoms with Crippen LogP contribution in [0.1, 0.15) is 5.56 Å². The molecule has 1 aromatic rings. The average molecular weight is 138 g/mol. The second-order valence-corrected chi connectivity index (χ2v) is 1.85. The predicted octanol–water partition coefficient (Wildman–Crippen LogP) is 1.45. The molecule has 52 valence electrons. The largest absolute Gasteiger partial charge is 0.395 e. The summed E-state index contributed by atoms with van der Waals surface area (Å²) in [5.41, 5.74) is 5.99. The highest BCUT2D eigenvalue weighted by Crippen LogP contribution is 2.09. The van der Waals surface area contributed by atoms with Crippen LogP contribution in [0.2, 0.25) is 0 Å². The molecular formula is C7H7FN2. The fraction of sp³-hybridized carbons (Fsp3) is 0. The van der Waals surface area contributed by atoms with Crippen LogP contribution in [0.25, 0.3) is 6.08 Å². The molecule has 1 aromatic heterocycles. The molecular weight excluding hydrogens is 131 g/mol. The second-order valence-electron chi connectivity index (χ2n) is 1.85. The summed E-state index contributed by atoms with van der Waals surface area (Å²) in [6.07, 6.45) is 2.93. The van der Waals surface area contributed by atoms with E-state index in [1.165, 1.54) is 12.3 Å². The Morgan fingerprint density at radius 1 is 1.70 bits per heavy atom. The minimum absolute atomic E-state index is 0.0531. The van der Waals surface area contributed by atoms with Crippen LogP contribution < -0.4 is 5.73 Å². The maximum absolute atomic E-state index is 12.4. The first-order chi connectivity index (χ1) is 4.74. The van der Waals surface area contributed by atoms with Gasteiger partial charge in [-0.05, 0) is 11.6 Å². The summed E-state index contributed by atoms with van der Waals surface area (Å²) in [7, 11) is 0. The Hall–Kier alpha value is -1.38. The standard InChI is InChI=1S/C7H7FN2/c1-2-5-3-6(9)7(8)10-4-5/h2-4H,1,9H2. The van der Waals surface area contributed by atoms with E-state index in [-0.39, 0.29) is 5.69 Å². The molecule has 0 aliphatic rings. The van der Waals surface area contributed by atoms with Gasteiger partial charge in [-0.2, -0.15) is 4.39 Å². The van der Waals surface area contributed by atoms with Crippen molar-refractivity contribution in [2.24, 2.45) is 0 Å². The van der Waals surface area contributed by atoms with Gasteiger partial charge in [0.15, 0.2) is 0 Å². The van der Waals surface area contributed by atoms with Crippen molar-refractivity contribution in [3.63, 3.8) is 0 Å². The van der Waals surface area contributed by atoms with E-state index in [1.807, 2.05) is 0 Å². The summed E-state index contributed by atoms with van der Waals surface area (Å²) in [5, 5.41) is 0. The Kier molecular flexibility index (Phi) is 1.67. The van der Waals surface area contributed by atoms with Gasteiger partial charge in [0, 0.05) is 6.20 Å². The summed E-state index contributed by atoms with van der Waals surface area (Å²) >= 11 is 0. The van der Waals surface area contributed by atoms with E-state index in [0.717, 1.165) is 5.56 Å². The quantitative estimate of drug-likeness (QED) is 0.596. The molecule has 1 rings (SSSR count). The number of pyridine rings is 1. The molecule has 0 saturated heterocycles. The maximum Gasteiger partial charge on any atom is 0.236 e. The zero-order valence-electron chi connectivity index (χ0n) is 5.34. The molecule has 2 N–H and O–H groups in total. The molecule has 0 aliphatic heterocycles. The number of halogens is 1. The van der Waals surface area contributed by atoms with Gasteiger partial charge in [-0.25, -0.2) is 4.98 Å². The molecule has 0 fully saturated rings. The molecule has 0 radical (unpaired) electrons. The van der Waals surface area contributed by atoms with Crippen LogP contribution in [0.5, 0.6) is 0 Å². The first-order valence-electron chi connectivity index (χ1n) is 2.77. The fourth-order valence-electron chi connectivity index (χ4n) is 0.594. The van der Waals surface area contributed by atoms with E-state index in [4.69, 9.17) is 5.73 Å². The monoisotopic (exact) mass is 138 g/mol. The highest BCUT2D eigenvalue weighted by molar-refractivity contribution is 5.52. The lowest BCUT2D eigenvalue weighted by molar-refractivity contribution is 0.588. The normalized spacial score (nSPS) is 9.30. The molecule has 3 heteroatoms. The van der Waals surface area contributed by atoms with Gasteiger partial charge in [-0.1, -0.05) is 12.7 Å². The second kappa shape index (κ2) is 2.47. The summed E-state index contributed by atoms with van der Waals surface area (Å²) in [6.45, 7) is 3.48. The summed E-state index contributed by atoms with van der Waals surface area (Å²) in [6, 6.07) is 1.48. The predicted molar refractivity (Wildman–Crippen MR) is 38.7 cm³/mol. The number of hydrogen-bond donors (Lipinski definition) is 1. The number of aromatic nitrogens is 1. The molecule has 0 saturated carbocycles. The van der Waals surface area contributed by atoms with E-state index < -0.39 is 5.95 Å². The lowest BCUT2D eigenvalue weighted by Gasteiger charge is -1.95. The Labute approximate surface area is 58.2 Å². The van der Waals surface area contributed by atoms with E-state index in [9.17, 15) is 4.39 Å². The molecule has 0 spiro atoms. The van der Waals surface area contributed by atoms with Gasteiger partial charge in [-0.15, -0.1) is 0 Å². The molecule has 0 atom stereocenters. The molecule has 0 amide bonds. The first-order valence-corrected chi connectivity index (χ1v) is 2.77. The van der Waals surface area contributed by atoms with Crippen molar-refractivity contribution in [3.05, 3.63) is 30.4 Å². The van der Waals surface area contributed by atoms with Crippen LogP contribution in [-0.4, -0.2) is 4.98 Å². The van der Waals surface area contributed by atoms with E-state index in [1.54, 1.807) is 6.08 Å².